The molecule has 11 nitrogen and oxygen atoms in total. The molecule has 1 fully saturated rings. The van der Waals surface area contributed by atoms with Crippen LogP contribution in [-0.2, 0) is 15.6 Å². The lowest BCUT2D eigenvalue weighted by Gasteiger charge is -2.34. The summed E-state index contributed by atoms with van der Waals surface area (Å²) in [6.07, 6.45) is 1.92. The van der Waals surface area contributed by atoms with Crippen molar-refractivity contribution < 1.29 is 27.4 Å². The van der Waals surface area contributed by atoms with Crippen LogP contribution < -0.4 is 20.3 Å². The fourth-order valence-corrected chi connectivity index (χ4v) is 5.90. The summed E-state index contributed by atoms with van der Waals surface area (Å²) in [4.78, 5) is 25.1. The smallest absolute Gasteiger partial charge is 0.254 e. The van der Waals surface area contributed by atoms with E-state index in [0.717, 1.165) is 44.3 Å². The van der Waals surface area contributed by atoms with Crippen LogP contribution in [0.5, 0.6) is 5.75 Å². The van der Waals surface area contributed by atoms with E-state index in [9.17, 15) is 18.3 Å². The maximum Gasteiger partial charge on any atom is 0.254 e. The predicted molar refractivity (Wildman–Crippen MR) is 144 cm³/mol. The van der Waals surface area contributed by atoms with Crippen LogP contribution in [-0.4, -0.2) is 80.9 Å². The van der Waals surface area contributed by atoms with E-state index in [1.807, 2.05) is 18.2 Å². The molecule has 1 aromatic heterocycles. The summed E-state index contributed by atoms with van der Waals surface area (Å²) in [5, 5.41) is 16.1. The van der Waals surface area contributed by atoms with Crippen molar-refractivity contribution in [1.82, 2.24) is 20.2 Å². The van der Waals surface area contributed by atoms with Crippen LogP contribution in [0.15, 0.2) is 41.4 Å². The largest absolute Gasteiger partial charge is 0.495 e. The van der Waals surface area contributed by atoms with Crippen LogP contribution in [0.4, 0.5) is 21.7 Å². The molecule has 3 heterocycles. The first-order chi connectivity index (χ1) is 18.4. The van der Waals surface area contributed by atoms with E-state index in [1.54, 1.807) is 0 Å². The molecule has 206 valence electrons. The highest BCUT2D eigenvalue weighted by molar-refractivity contribution is 7.90. The number of amides is 1. The Morgan fingerprint density at radius 2 is 1.90 bits per heavy atom. The molecule has 0 spiro atoms. The van der Waals surface area contributed by atoms with Crippen LogP contribution in [0.1, 0.15) is 22.8 Å². The number of rotatable bonds is 6. The number of benzene rings is 2. The second kappa shape index (κ2) is 9.74. The minimum Gasteiger partial charge on any atom is -0.495 e. The number of ether oxygens (including phenoxy) is 1. The van der Waals surface area contributed by atoms with E-state index in [2.05, 4.69) is 37.4 Å². The number of aromatic nitrogens is 2. The second-order valence-electron chi connectivity index (χ2n) is 9.89. The van der Waals surface area contributed by atoms with E-state index in [-0.39, 0.29) is 33.2 Å². The molecular formula is C26H29FN6O5S. The predicted octanol–water partition coefficient (Wildman–Crippen LogP) is 2.10. The van der Waals surface area contributed by atoms with Gasteiger partial charge in [0, 0.05) is 54.8 Å². The number of hydrogen-bond acceptors (Lipinski definition) is 10. The molecule has 13 heteroatoms. The van der Waals surface area contributed by atoms with Gasteiger partial charge >= 0.3 is 0 Å². The second-order valence-corrected chi connectivity index (χ2v) is 11.9. The first-order valence-corrected chi connectivity index (χ1v) is 14.1. The maximum atomic E-state index is 15.0. The van der Waals surface area contributed by atoms with Crippen molar-refractivity contribution in [1.29, 1.82) is 0 Å². The zero-order valence-electron chi connectivity index (χ0n) is 21.9. The van der Waals surface area contributed by atoms with Crippen molar-refractivity contribution in [3.8, 4) is 17.0 Å². The van der Waals surface area contributed by atoms with Crippen molar-refractivity contribution in [2.24, 2.45) is 0 Å². The summed E-state index contributed by atoms with van der Waals surface area (Å²) in [7, 11) is -0.299. The Labute approximate surface area is 225 Å². The number of methoxy groups -OCH3 is 1. The summed E-state index contributed by atoms with van der Waals surface area (Å²) >= 11 is 0. The van der Waals surface area contributed by atoms with Gasteiger partial charge in [-0.15, -0.1) is 0 Å². The van der Waals surface area contributed by atoms with E-state index in [0.29, 0.717) is 11.4 Å². The van der Waals surface area contributed by atoms with Gasteiger partial charge in [-0.05, 0) is 44.3 Å². The highest BCUT2D eigenvalue weighted by Crippen LogP contribution is 2.38. The lowest BCUT2D eigenvalue weighted by atomic mass is 9.98. The Kier molecular flexibility index (Phi) is 6.69. The fourth-order valence-electron chi connectivity index (χ4n) is 4.88. The van der Waals surface area contributed by atoms with Crippen LogP contribution in [0, 0.1) is 5.82 Å². The molecule has 1 amide bonds. The first-order valence-electron chi connectivity index (χ1n) is 12.2. The Hall–Kier alpha value is -3.81. The standard InChI is InChI=1S/C26H29FN6O5S/c1-26(35)22-17(24(34)31-26)11-15(12-21(22)39(4,36)37)23-18(27)14-28-25(30-23)29-19-13-16(5-6-20(19)38-3)33-9-7-32(2)8-10-33/h5-6,11-14,35H,7-10H2,1-4H3,(H,31,34)(H,28,29,30). The Balaban J connectivity index is 1.55. The molecule has 0 radical (unpaired) electrons. The highest BCUT2D eigenvalue weighted by Gasteiger charge is 2.42. The molecule has 39 heavy (non-hydrogen) atoms. The normalized spacial score (nSPS) is 19.5. The van der Waals surface area contributed by atoms with Gasteiger partial charge in [0.15, 0.2) is 21.4 Å². The maximum absolute atomic E-state index is 15.0. The number of piperazine rings is 1. The molecule has 3 aromatic rings. The lowest BCUT2D eigenvalue weighted by molar-refractivity contribution is 0.0281. The molecule has 3 N–H and O–H groups in total. The quantitative estimate of drug-likeness (QED) is 0.414. The molecule has 2 aromatic carbocycles. The number of fused-ring (bicyclic) bond motifs is 1. The van der Waals surface area contributed by atoms with Crippen LogP contribution in [0.2, 0.25) is 0 Å². The number of aliphatic hydroxyl groups is 1. The number of likely N-dealkylation sites (N-methyl/N-ethyl adjacent to an activating group) is 1. The number of nitrogens with zero attached hydrogens (tertiary/aromatic N) is 4. The van der Waals surface area contributed by atoms with Crippen LogP contribution in [0.3, 0.4) is 0 Å². The molecule has 0 bridgehead atoms. The number of carbonyl (C=O) groups excluding carboxylic acids is 1. The van der Waals surface area contributed by atoms with Gasteiger partial charge in [0.25, 0.3) is 5.91 Å². The minimum atomic E-state index is -3.91. The summed E-state index contributed by atoms with van der Waals surface area (Å²) in [6, 6.07) is 8.20. The van der Waals surface area contributed by atoms with Gasteiger partial charge in [-0.1, -0.05) is 0 Å². The number of hydrogen-bond donors (Lipinski definition) is 3. The van der Waals surface area contributed by atoms with Gasteiger partial charge in [-0.2, -0.15) is 0 Å². The fraction of sp³-hybridized carbons (Fsp3) is 0.346. The van der Waals surface area contributed by atoms with E-state index in [1.165, 1.54) is 26.2 Å². The number of anilines is 3. The molecule has 1 atom stereocenters. The molecule has 5 rings (SSSR count). The minimum absolute atomic E-state index is 0.0399. The SMILES string of the molecule is COc1ccc(N2CCN(C)CC2)cc1Nc1ncc(F)c(-c2cc3c(c(S(C)(=O)=O)c2)C(C)(O)NC3=O)n1. The van der Waals surface area contributed by atoms with Gasteiger partial charge in [-0.25, -0.2) is 22.8 Å². The number of carbonyl (C=O) groups is 1. The van der Waals surface area contributed by atoms with Crippen molar-refractivity contribution in [3.05, 3.63) is 53.5 Å². The molecule has 2 aliphatic rings. The van der Waals surface area contributed by atoms with Crippen LogP contribution in [0.25, 0.3) is 11.3 Å². The van der Waals surface area contributed by atoms with Crippen molar-refractivity contribution in [3.63, 3.8) is 0 Å². The first kappa shape index (κ1) is 26.8. The van der Waals surface area contributed by atoms with E-state index >= 15 is 4.39 Å². The van der Waals surface area contributed by atoms with Gasteiger partial charge in [0.2, 0.25) is 5.95 Å². The third-order valence-electron chi connectivity index (χ3n) is 6.91. The van der Waals surface area contributed by atoms with E-state index < -0.39 is 27.3 Å². The summed E-state index contributed by atoms with van der Waals surface area (Å²) in [5.74, 6) is -0.931. The average molecular weight is 557 g/mol. The zero-order valence-corrected chi connectivity index (χ0v) is 22.8. The molecule has 0 aliphatic carbocycles. The number of sulfone groups is 1. The lowest BCUT2D eigenvalue weighted by Crippen LogP contribution is -2.44. The van der Waals surface area contributed by atoms with Crippen molar-refractivity contribution in [2.45, 2.75) is 17.5 Å². The van der Waals surface area contributed by atoms with Gasteiger partial charge in [-0.3, -0.25) is 4.79 Å². The summed E-state index contributed by atoms with van der Waals surface area (Å²) < 4.78 is 45.7. The van der Waals surface area contributed by atoms with Gasteiger partial charge in [0.1, 0.15) is 11.4 Å². The molecule has 1 saturated heterocycles. The highest BCUT2D eigenvalue weighted by atomic mass is 32.2. The van der Waals surface area contributed by atoms with Crippen molar-refractivity contribution >= 4 is 33.1 Å². The Morgan fingerprint density at radius 1 is 1.18 bits per heavy atom. The molecule has 2 aliphatic heterocycles. The summed E-state index contributed by atoms with van der Waals surface area (Å²) in [5.41, 5.74) is -0.692. The Morgan fingerprint density at radius 3 is 2.56 bits per heavy atom. The monoisotopic (exact) mass is 556 g/mol. The topological polar surface area (TPSA) is 137 Å². The third-order valence-corrected chi connectivity index (χ3v) is 8.03. The van der Waals surface area contributed by atoms with E-state index in [4.69, 9.17) is 4.74 Å². The van der Waals surface area contributed by atoms with Gasteiger partial charge < -0.3 is 30.3 Å². The number of halogens is 1. The van der Waals surface area contributed by atoms with Crippen molar-refractivity contribution in [2.75, 3.05) is 56.8 Å². The number of nitrogens with one attached hydrogen (secondary N) is 2. The molecule has 1 unspecified atom stereocenters. The summed E-state index contributed by atoms with van der Waals surface area (Å²) in [6.45, 7) is 4.87. The molecule has 0 saturated carbocycles. The molecular weight excluding hydrogens is 527 g/mol. The van der Waals surface area contributed by atoms with Gasteiger partial charge in [0.05, 0.1) is 23.9 Å². The third kappa shape index (κ3) is 5.12. The average Bonchev–Trinajstić information content (AvgIpc) is 3.12. The zero-order chi connectivity index (χ0) is 28.1. The van der Waals surface area contributed by atoms with Crippen LogP contribution >= 0.6 is 0 Å². The Bertz CT molecular complexity index is 1570.